The van der Waals surface area contributed by atoms with Gasteiger partial charge in [-0.25, -0.2) is 4.99 Å². The van der Waals surface area contributed by atoms with E-state index in [9.17, 15) is 31.1 Å². The number of nitrogens with zero attached hydrogens (tertiary/aromatic N) is 2. The number of alkyl halides is 6. The fourth-order valence-corrected chi connectivity index (χ4v) is 4.43. The minimum atomic E-state index is -5.90. The Kier molecular flexibility index (Phi) is 5.25. The second-order valence-electron chi connectivity index (χ2n) is 8.95. The summed E-state index contributed by atoms with van der Waals surface area (Å²) in [4.78, 5) is 17.5. The van der Waals surface area contributed by atoms with Crippen molar-refractivity contribution in [1.29, 1.82) is 0 Å². The lowest BCUT2D eigenvalue weighted by atomic mass is 9.69. The first-order chi connectivity index (χ1) is 15.3. The maximum absolute atomic E-state index is 14.3. The van der Waals surface area contributed by atoms with Crippen LogP contribution in [-0.2, 0) is 11.3 Å². The summed E-state index contributed by atoms with van der Waals surface area (Å²) in [5.74, 6) is -2.09. The van der Waals surface area contributed by atoms with E-state index in [4.69, 9.17) is 4.42 Å². The van der Waals surface area contributed by atoms with Crippen molar-refractivity contribution in [2.45, 2.75) is 51.1 Å². The van der Waals surface area contributed by atoms with Crippen LogP contribution in [0.1, 0.15) is 38.0 Å². The van der Waals surface area contributed by atoms with Gasteiger partial charge in [0.05, 0.1) is 11.8 Å². The van der Waals surface area contributed by atoms with Crippen LogP contribution in [0.3, 0.4) is 0 Å². The first-order valence-electron chi connectivity index (χ1n) is 10.1. The lowest BCUT2D eigenvalue weighted by molar-refractivity contribution is -0.283. The van der Waals surface area contributed by atoms with Crippen molar-refractivity contribution in [2.75, 3.05) is 0 Å². The molecule has 4 rings (SSSR count). The zero-order valence-electron chi connectivity index (χ0n) is 17.7. The summed E-state index contributed by atoms with van der Waals surface area (Å²) in [6.45, 7) is 3.18. The van der Waals surface area contributed by atoms with Crippen LogP contribution in [0.2, 0.25) is 0 Å². The van der Waals surface area contributed by atoms with Gasteiger partial charge in [0.2, 0.25) is 0 Å². The van der Waals surface area contributed by atoms with Gasteiger partial charge in [0.15, 0.2) is 17.4 Å². The Morgan fingerprint density at radius 1 is 0.970 bits per heavy atom. The second-order valence-corrected chi connectivity index (χ2v) is 8.95. The Morgan fingerprint density at radius 2 is 1.61 bits per heavy atom. The summed E-state index contributed by atoms with van der Waals surface area (Å²) in [6, 6.07) is 11.1. The van der Waals surface area contributed by atoms with Crippen molar-refractivity contribution >= 4 is 11.6 Å². The summed E-state index contributed by atoms with van der Waals surface area (Å²) in [5.41, 5.74) is -6.60. The highest BCUT2D eigenvalue weighted by Crippen LogP contribution is 2.57. The van der Waals surface area contributed by atoms with Crippen molar-refractivity contribution < 1.29 is 35.6 Å². The van der Waals surface area contributed by atoms with Crippen molar-refractivity contribution in [3.8, 4) is 0 Å². The Bertz CT molecular complexity index is 1100. The predicted molar refractivity (Wildman–Crippen MR) is 107 cm³/mol. The predicted octanol–water partition coefficient (Wildman–Crippen LogP) is 6.05. The summed E-state index contributed by atoms with van der Waals surface area (Å²) < 4.78 is 91.2. The zero-order chi connectivity index (χ0) is 24.2. The molecule has 1 aliphatic carbocycles. The normalized spacial score (nSPS) is 20.5. The summed E-state index contributed by atoms with van der Waals surface area (Å²) in [7, 11) is 0. The monoisotopic (exact) mass is 470 g/mol. The number of furan rings is 1. The number of carbonyl (C=O) groups excluding carboxylic acids is 1. The van der Waals surface area contributed by atoms with Gasteiger partial charge in [-0.15, -0.1) is 0 Å². The van der Waals surface area contributed by atoms with E-state index in [0.29, 0.717) is 5.56 Å². The van der Waals surface area contributed by atoms with Gasteiger partial charge in [-0.1, -0.05) is 44.2 Å². The van der Waals surface area contributed by atoms with Crippen molar-refractivity contribution in [3.05, 3.63) is 71.3 Å². The molecule has 0 radical (unpaired) electrons. The van der Waals surface area contributed by atoms with Crippen LogP contribution in [0.4, 0.5) is 26.3 Å². The van der Waals surface area contributed by atoms with Gasteiger partial charge < -0.3 is 9.32 Å². The maximum Gasteiger partial charge on any atom is 0.427 e. The molecule has 33 heavy (non-hydrogen) atoms. The van der Waals surface area contributed by atoms with Gasteiger partial charge in [-0.3, -0.25) is 4.79 Å². The zero-order valence-corrected chi connectivity index (χ0v) is 17.7. The third-order valence-corrected chi connectivity index (χ3v) is 5.81. The third-order valence-electron chi connectivity index (χ3n) is 5.81. The van der Waals surface area contributed by atoms with Gasteiger partial charge in [0.1, 0.15) is 0 Å². The first-order valence-corrected chi connectivity index (χ1v) is 10.1. The summed E-state index contributed by atoms with van der Waals surface area (Å²) >= 11 is 0. The number of carbonyl (C=O) groups is 1. The number of rotatable bonds is 3. The standard InChI is InChI=1S/C23H20F6N2O2/c1-20(2)11-15-18(16(32)12-20)21(22(24,25)26,23(27,28)29)30-19(17-9-6-10-33-17)31(15)13-14-7-4-3-5-8-14/h3-10H,11-13H2,1-2H3. The molecule has 0 saturated heterocycles. The molecule has 1 aromatic heterocycles. The highest BCUT2D eigenvalue weighted by Gasteiger charge is 2.77. The van der Waals surface area contributed by atoms with E-state index in [2.05, 4.69) is 4.99 Å². The molecule has 0 amide bonds. The van der Waals surface area contributed by atoms with E-state index in [0.717, 1.165) is 6.26 Å². The molecule has 0 atom stereocenters. The number of hydrogen-bond donors (Lipinski definition) is 0. The minimum absolute atomic E-state index is 0.0889. The average molecular weight is 470 g/mol. The summed E-state index contributed by atoms with van der Waals surface area (Å²) in [5, 5.41) is 0. The Morgan fingerprint density at radius 3 is 2.15 bits per heavy atom. The molecule has 0 fully saturated rings. The number of aliphatic imine (C=N–C) groups is 1. The second kappa shape index (κ2) is 7.50. The quantitative estimate of drug-likeness (QED) is 0.513. The van der Waals surface area contributed by atoms with Crippen LogP contribution in [0.15, 0.2) is 69.4 Å². The van der Waals surface area contributed by atoms with Crippen LogP contribution >= 0.6 is 0 Å². The maximum atomic E-state index is 14.3. The Labute approximate surface area is 185 Å². The molecular weight excluding hydrogens is 450 g/mol. The van der Waals surface area contributed by atoms with Gasteiger partial charge in [0.25, 0.3) is 5.54 Å². The number of benzene rings is 1. The largest absolute Gasteiger partial charge is 0.461 e. The molecule has 0 N–H and O–H groups in total. The molecule has 0 spiro atoms. The van der Waals surface area contributed by atoms with Gasteiger partial charge >= 0.3 is 12.4 Å². The van der Waals surface area contributed by atoms with Crippen LogP contribution in [-0.4, -0.2) is 34.4 Å². The number of halogens is 6. The number of Topliss-reactive ketones (excluding diaryl/α,β-unsaturated/α-hetero) is 1. The van der Waals surface area contributed by atoms with Crippen LogP contribution < -0.4 is 0 Å². The lowest BCUT2D eigenvalue weighted by Crippen LogP contribution is -2.63. The highest BCUT2D eigenvalue weighted by atomic mass is 19.4. The average Bonchev–Trinajstić information content (AvgIpc) is 3.21. The van der Waals surface area contributed by atoms with E-state index >= 15 is 0 Å². The topological polar surface area (TPSA) is 45.8 Å². The Hall–Kier alpha value is -3.04. The minimum Gasteiger partial charge on any atom is -0.461 e. The van der Waals surface area contributed by atoms with E-state index in [-0.39, 0.29) is 24.4 Å². The fraction of sp³-hybridized carbons (Fsp3) is 0.391. The molecule has 4 nitrogen and oxygen atoms in total. The first kappa shape index (κ1) is 23.1. The van der Waals surface area contributed by atoms with E-state index in [1.807, 2.05) is 0 Å². The smallest absolute Gasteiger partial charge is 0.427 e. The van der Waals surface area contributed by atoms with E-state index in [1.165, 1.54) is 17.0 Å². The molecule has 10 heteroatoms. The molecule has 2 aromatic rings. The molecular formula is C23H20F6N2O2. The molecule has 0 saturated carbocycles. The van der Waals surface area contributed by atoms with E-state index < -0.39 is 46.9 Å². The molecule has 176 valence electrons. The SMILES string of the molecule is CC1(C)CC(=O)C2=C(C1)N(Cc1ccccc1)C(c1ccco1)=NC2(C(F)(F)F)C(F)(F)F. The van der Waals surface area contributed by atoms with Crippen LogP contribution in [0.5, 0.6) is 0 Å². The van der Waals surface area contributed by atoms with Gasteiger partial charge in [-0.05, 0) is 29.5 Å². The number of ketones is 1. The molecule has 0 bridgehead atoms. The van der Waals surface area contributed by atoms with Crippen LogP contribution in [0.25, 0.3) is 0 Å². The number of amidine groups is 1. The molecule has 2 heterocycles. The van der Waals surface area contributed by atoms with Gasteiger partial charge in [-0.2, -0.15) is 26.3 Å². The molecule has 1 aliphatic heterocycles. The van der Waals surface area contributed by atoms with Crippen LogP contribution in [0, 0.1) is 5.41 Å². The fourth-order valence-electron chi connectivity index (χ4n) is 4.43. The van der Waals surface area contributed by atoms with E-state index in [1.54, 1.807) is 44.2 Å². The van der Waals surface area contributed by atoms with Crippen molar-refractivity contribution in [2.24, 2.45) is 10.4 Å². The molecule has 0 unspecified atom stereocenters. The lowest BCUT2D eigenvalue weighted by Gasteiger charge is -2.47. The number of hydrogen-bond acceptors (Lipinski definition) is 4. The van der Waals surface area contributed by atoms with Crippen molar-refractivity contribution in [1.82, 2.24) is 4.90 Å². The van der Waals surface area contributed by atoms with Crippen molar-refractivity contribution in [3.63, 3.8) is 0 Å². The molecule has 2 aliphatic rings. The third kappa shape index (κ3) is 3.75. The summed E-state index contributed by atoms with van der Waals surface area (Å²) in [6.07, 6.45) is -11.3. The number of allylic oxidation sites excluding steroid dienone is 1. The van der Waals surface area contributed by atoms with Gasteiger partial charge in [0, 0.05) is 18.7 Å². The molecule has 1 aromatic carbocycles. The highest BCUT2D eigenvalue weighted by molar-refractivity contribution is 6.06. The Balaban J connectivity index is 2.06.